The topological polar surface area (TPSA) is 145 Å². The Morgan fingerprint density at radius 3 is 2.14 bits per heavy atom. The van der Waals surface area contributed by atoms with Crippen molar-refractivity contribution in [1.82, 2.24) is 19.8 Å². The van der Waals surface area contributed by atoms with E-state index in [9.17, 15) is 22.8 Å². The lowest BCUT2D eigenvalue weighted by Crippen LogP contribution is -2.69. The lowest BCUT2D eigenvalue weighted by Gasteiger charge is -2.42. The number of rotatable bonds is 3. The number of ether oxygens (including phenoxy) is 1. The second kappa shape index (κ2) is 7.63. The average Bonchev–Trinajstić information content (AvgIpc) is 2.92. The summed E-state index contributed by atoms with van der Waals surface area (Å²) in [5, 5.41) is 5.73. The third kappa shape index (κ3) is 4.74. The maximum absolute atomic E-state index is 12.6. The van der Waals surface area contributed by atoms with Crippen molar-refractivity contribution < 1.29 is 32.1 Å². The molecule has 1 aliphatic carbocycles. The molecule has 0 radical (unpaired) electrons. The van der Waals surface area contributed by atoms with Crippen LogP contribution in [0.1, 0.15) is 52.9 Å². The predicted octanol–water partition coefficient (Wildman–Crippen LogP) is 0.620. The molecule has 1 saturated carbocycles. The van der Waals surface area contributed by atoms with Crippen molar-refractivity contribution >= 4 is 28.3 Å². The van der Waals surface area contributed by atoms with Gasteiger partial charge in [-0.25, -0.2) is 13.9 Å². The SMILES string of the molecule is CC(C)(C)OC(=O)NC1CCC(NC(=O)N2CC[C@@H]3[C@H]2C(=O)N3S(=O)(=O)O)CC1. The standard InChI is InChI=1S/C17H28N4O7S/c1-17(2,3)28-16(24)19-11-6-4-10(5-7-11)18-15(23)20-9-8-12-13(20)14(22)21(12)29(25,26)27/h10-13H,4-9H2,1-3H3,(H,18,23)(H,19,24)(H,25,26,27)/t10?,11?,12-,13+/m1/s1. The first-order valence-corrected chi connectivity index (χ1v) is 11.1. The number of carbonyl (C=O) groups excluding carboxylic acids is 3. The fraction of sp³-hybridized carbons (Fsp3) is 0.824. The van der Waals surface area contributed by atoms with Crippen LogP contribution in [0, 0.1) is 0 Å². The Bertz CT molecular complexity index is 786. The quantitative estimate of drug-likeness (QED) is 0.438. The molecule has 12 heteroatoms. The van der Waals surface area contributed by atoms with E-state index in [0.29, 0.717) is 36.4 Å². The summed E-state index contributed by atoms with van der Waals surface area (Å²) in [6.07, 6.45) is 2.55. The van der Waals surface area contributed by atoms with Crippen LogP contribution in [0.25, 0.3) is 0 Å². The molecule has 2 aliphatic heterocycles. The maximum atomic E-state index is 12.6. The smallest absolute Gasteiger partial charge is 0.407 e. The zero-order chi connectivity index (χ0) is 21.6. The van der Waals surface area contributed by atoms with Crippen LogP contribution in [0.2, 0.25) is 0 Å². The molecule has 3 N–H and O–H groups in total. The van der Waals surface area contributed by atoms with E-state index in [1.807, 2.05) is 0 Å². The van der Waals surface area contributed by atoms with Gasteiger partial charge in [-0.3, -0.25) is 9.35 Å². The van der Waals surface area contributed by atoms with E-state index in [0.717, 1.165) is 0 Å². The van der Waals surface area contributed by atoms with Gasteiger partial charge in [0.2, 0.25) is 0 Å². The molecule has 3 rings (SSSR count). The van der Waals surface area contributed by atoms with Crippen LogP contribution in [-0.4, -0.2) is 76.5 Å². The number of β-lactam (4-membered cyclic amide) rings is 1. The molecule has 0 aromatic rings. The maximum Gasteiger partial charge on any atom is 0.407 e. The lowest BCUT2D eigenvalue weighted by molar-refractivity contribution is -0.143. The lowest BCUT2D eigenvalue weighted by atomic mass is 9.91. The van der Waals surface area contributed by atoms with E-state index in [4.69, 9.17) is 9.29 Å². The highest BCUT2D eigenvalue weighted by Gasteiger charge is 2.60. The van der Waals surface area contributed by atoms with Gasteiger partial charge in [-0.1, -0.05) is 0 Å². The Morgan fingerprint density at radius 1 is 1.07 bits per heavy atom. The Kier molecular flexibility index (Phi) is 5.69. The molecule has 2 atom stereocenters. The van der Waals surface area contributed by atoms with Crippen molar-refractivity contribution in [2.24, 2.45) is 0 Å². The number of carbonyl (C=O) groups is 3. The number of alkyl carbamates (subject to hydrolysis) is 1. The number of urea groups is 1. The van der Waals surface area contributed by atoms with Gasteiger partial charge in [0.25, 0.3) is 5.91 Å². The first-order valence-electron chi connectivity index (χ1n) is 9.74. The van der Waals surface area contributed by atoms with Gasteiger partial charge in [0.05, 0.1) is 6.04 Å². The van der Waals surface area contributed by atoms with Crippen molar-refractivity contribution in [2.45, 2.75) is 82.6 Å². The van der Waals surface area contributed by atoms with Crippen molar-refractivity contribution in [2.75, 3.05) is 6.54 Å². The monoisotopic (exact) mass is 432 g/mol. The molecule has 11 nitrogen and oxygen atoms in total. The molecule has 4 amide bonds. The van der Waals surface area contributed by atoms with Gasteiger partial charge in [0, 0.05) is 18.6 Å². The summed E-state index contributed by atoms with van der Waals surface area (Å²) in [6.45, 7) is 5.63. The summed E-state index contributed by atoms with van der Waals surface area (Å²) in [4.78, 5) is 37.8. The van der Waals surface area contributed by atoms with Gasteiger partial charge < -0.3 is 20.3 Å². The van der Waals surface area contributed by atoms with Gasteiger partial charge in [-0.15, -0.1) is 0 Å². The van der Waals surface area contributed by atoms with Gasteiger partial charge in [-0.2, -0.15) is 8.42 Å². The van der Waals surface area contributed by atoms with E-state index in [2.05, 4.69) is 10.6 Å². The zero-order valence-corrected chi connectivity index (χ0v) is 17.6. The molecule has 164 valence electrons. The van der Waals surface area contributed by atoms with Gasteiger partial charge in [0.15, 0.2) is 0 Å². The van der Waals surface area contributed by atoms with E-state index in [1.165, 1.54) is 4.90 Å². The van der Waals surface area contributed by atoms with E-state index in [-0.39, 0.29) is 18.6 Å². The molecular formula is C17H28N4O7S. The van der Waals surface area contributed by atoms with Crippen molar-refractivity contribution in [1.29, 1.82) is 0 Å². The molecule has 3 fully saturated rings. The van der Waals surface area contributed by atoms with Gasteiger partial charge in [-0.05, 0) is 52.9 Å². The zero-order valence-electron chi connectivity index (χ0n) is 16.8. The number of fused-ring (bicyclic) bond motifs is 1. The summed E-state index contributed by atoms with van der Waals surface area (Å²) < 4.78 is 37.3. The molecular weight excluding hydrogens is 404 g/mol. The van der Waals surface area contributed by atoms with Crippen LogP contribution < -0.4 is 10.6 Å². The van der Waals surface area contributed by atoms with Gasteiger partial charge >= 0.3 is 22.4 Å². The summed E-state index contributed by atoms with van der Waals surface area (Å²) in [7, 11) is -4.59. The van der Waals surface area contributed by atoms with Crippen LogP contribution >= 0.6 is 0 Å². The molecule has 3 aliphatic rings. The molecule has 0 aromatic carbocycles. The summed E-state index contributed by atoms with van der Waals surface area (Å²) in [5.74, 6) is -0.782. The molecule has 2 saturated heterocycles. The Morgan fingerprint density at radius 2 is 1.62 bits per heavy atom. The van der Waals surface area contributed by atoms with E-state index >= 15 is 0 Å². The summed E-state index contributed by atoms with van der Waals surface area (Å²) in [6, 6.07) is -2.07. The van der Waals surface area contributed by atoms with Crippen LogP contribution in [0.5, 0.6) is 0 Å². The first kappa shape index (κ1) is 21.6. The highest BCUT2D eigenvalue weighted by Crippen LogP contribution is 2.35. The number of hydrogen-bond donors (Lipinski definition) is 3. The van der Waals surface area contributed by atoms with Gasteiger partial charge in [0.1, 0.15) is 11.6 Å². The highest BCUT2D eigenvalue weighted by molar-refractivity contribution is 7.84. The fourth-order valence-corrected chi connectivity index (χ4v) is 5.06. The average molecular weight is 432 g/mol. The van der Waals surface area contributed by atoms with Crippen molar-refractivity contribution in [3.8, 4) is 0 Å². The van der Waals surface area contributed by atoms with Crippen molar-refractivity contribution in [3.63, 3.8) is 0 Å². The molecule has 0 bridgehead atoms. The molecule has 0 spiro atoms. The fourth-order valence-electron chi connectivity index (χ4n) is 4.16. The largest absolute Gasteiger partial charge is 0.444 e. The Hall–Kier alpha value is -2.08. The molecule has 2 heterocycles. The molecule has 0 aromatic heterocycles. The minimum Gasteiger partial charge on any atom is -0.444 e. The summed E-state index contributed by atoms with van der Waals surface area (Å²) >= 11 is 0. The van der Waals surface area contributed by atoms with E-state index < -0.39 is 46.0 Å². The second-order valence-electron chi connectivity index (χ2n) is 8.75. The minimum atomic E-state index is -4.59. The third-order valence-electron chi connectivity index (χ3n) is 5.42. The number of nitrogens with one attached hydrogen (secondary N) is 2. The molecule has 0 unspecified atom stereocenters. The van der Waals surface area contributed by atoms with Crippen LogP contribution in [-0.2, 0) is 19.8 Å². The van der Waals surface area contributed by atoms with Crippen LogP contribution in [0.3, 0.4) is 0 Å². The number of nitrogens with zero attached hydrogens (tertiary/aromatic N) is 2. The Balaban J connectivity index is 1.45. The second-order valence-corrected chi connectivity index (χ2v) is 10.0. The normalized spacial score (nSPS) is 29.7. The Labute approximate surface area is 170 Å². The van der Waals surface area contributed by atoms with Crippen molar-refractivity contribution in [3.05, 3.63) is 0 Å². The predicted molar refractivity (Wildman–Crippen MR) is 101 cm³/mol. The first-order chi connectivity index (χ1) is 13.4. The summed E-state index contributed by atoms with van der Waals surface area (Å²) in [5.41, 5.74) is -0.563. The van der Waals surface area contributed by atoms with Crippen LogP contribution in [0.15, 0.2) is 0 Å². The number of likely N-dealkylation sites (tertiary alicyclic amines) is 1. The third-order valence-corrected chi connectivity index (χ3v) is 6.37. The number of amides is 4. The van der Waals surface area contributed by atoms with Crippen LogP contribution in [0.4, 0.5) is 9.59 Å². The highest BCUT2D eigenvalue weighted by atomic mass is 32.2. The molecule has 29 heavy (non-hydrogen) atoms. The minimum absolute atomic E-state index is 0.0225. The van der Waals surface area contributed by atoms with E-state index in [1.54, 1.807) is 20.8 Å². The number of hydrogen-bond acceptors (Lipinski definition) is 6.